The highest BCUT2D eigenvalue weighted by Gasteiger charge is 2.29. The number of carbonyl (C=O) groups is 1. The average Bonchev–Trinajstić information content (AvgIpc) is 2.66. The normalized spacial score (nSPS) is 17.3. The lowest BCUT2D eigenvalue weighted by molar-refractivity contribution is -0.136. The minimum absolute atomic E-state index is 0.00722. The molecular formula is C21H25FN2O2. The predicted molar refractivity (Wildman–Crippen MR) is 99.2 cm³/mol. The van der Waals surface area contributed by atoms with Crippen molar-refractivity contribution in [1.29, 1.82) is 0 Å². The third kappa shape index (κ3) is 4.28. The van der Waals surface area contributed by atoms with E-state index in [1.165, 1.54) is 12.1 Å². The predicted octanol–water partition coefficient (Wildman–Crippen LogP) is 4.29. The maximum absolute atomic E-state index is 13.2. The van der Waals surface area contributed by atoms with Crippen molar-refractivity contribution in [2.24, 2.45) is 0 Å². The number of rotatable bonds is 5. The van der Waals surface area contributed by atoms with Crippen LogP contribution in [0.25, 0.3) is 11.1 Å². The number of aryl methyl sites for hydroxylation is 1. The molecule has 4 nitrogen and oxygen atoms in total. The molecule has 0 spiro atoms. The maximum Gasteiger partial charge on any atom is 0.225 e. The fraction of sp³-hybridized carbons (Fsp3) is 0.429. The second kappa shape index (κ2) is 8.41. The Labute approximate surface area is 154 Å². The summed E-state index contributed by atoms with van der Waals surface area (Å²) >= 11 is 0. The summed E-state index contributed by atoms with van der Waals surface area (Å²) < 4.78 is 18.3. The van der Waals surface area contributed by atoms with Crippen LogP contribution in [0.4, 0.5) is 4.39 Å². The van der Waals surface area contributed by atoms with Crippen LogP contribution in [0.1, 0.15) is 43.1 Å². The molecule has 0 aliphatic carbocycles. The lowest BCUT2D eigenvalue weighted by Crippen LogP contribution is -2.39. The highest BCUT2D eigenvalue weighted by atomic mass is 19.1. The van der Waals surface area contributed by atoms with Gasteiger partial charge in [0.15, 0.2) is 0 Å². The number of aromatic nitrogens is 1. The van der Waals surface area contributed by atoms with Gasteiger partial charge in [-0.2, -0.15) is 0 Å². The summed E-state index contributed by atoms with van der Waals surface area (Å²) in [5.74, 6) is -0.134. The Hall–Kier alpha value is -2.27. The molecule has 0 N–H and O–H groups in total. The van der Waals surface area contributed by atoms with Gasteiger partial charge in [-0.3, -0.25) is 9.78 Å². The Morgan fingerprint density at radius 3 is 2.73 bits per heavy atom. The summed E-state index contributed by atoms with van der Waals surface area (Å²) in [6.45, 7) is 3.15. The summed E-state index contributed by atoms with van der Waals surface area (Å²) in [6, 6.07) is 10.5. The van der Waals surface area contributed by atoms with E-state index in [1.54, 1.807) is 19.2 Å². The van der Waals surface area contributed by atoms with E-state index in [-0.39, 0.29) is 17.8 Å². The van der Waals surface area contributed by atoms with Crippen LogP contribution in [-0.2, 0) is 9.53 Å². The summed E-state index contributed by atoms with van der Waals surface area (Å²) in [5, 5.41) is 0. The molecule has 0 saturated carbocycles. The zero-order chi connectivity index (χ0) is 18.5. The van der Waals surface area contributed by atoms with E-state index < -0.39 is 0 Å². The second-order valence-corrected chi connectivity index (χ2v) is 6.77. The number of hydrogen-bond acceptors (Lipinski definition) is 3. The van der Waals surface area contributed by atoms with Gasteiger partial charge in [-0.05, 0) is 61.6 Å². The van der Waals surface area contributed by atoms with Gasteiger partial charge in [0.1, 0.15) is 5.82 Å². The maximum atomic E-state index is 13.2. The van der Waals surface area contributed by atoms with Crippen molar-refractivity contribution in [3.05, 3.63) is 53.6 Å². The topological polar surface area (TPSA) is 42.4 Å². The average molecular weight is 356 g/mol. The van der Waals surface area contributed by atoms with E-state index in [2.05, 4.69) is 0 Å². The molecule has 1 atom stereocenters. The molecule has 1 saturated heterocycles. The number of ether oxygens (including phenoxy) is 1. The van der Waals surface area contributed by atoms with E-state index in [0.29, 0.717) is 13.0 Å². The number of piperidine rings is 1. The summed E-state index contributed by atoms with van der Waals surface area (Å²) in [5.41, 5.74) is 3.76. The van der Waals surface area contributed by atoms with Gasteiger partial charge in [0, 0.05) is 19.3 Å². The Balaban J connectivity index is 1.91. The van der Waals surface area contributed by atoms with Crippen LogP contribution in [0.2, 0.25) is 0 Å². The minimum atomic E-state index is -0.248. The molecule has 2 aromatic rings. The van der Waals surface area contributed by atoms with Crippen molar-refractivity contribution in [2.75, 3.05) is 20.3 Å². The van der Waals surface area contributed by atoms with Gasteiger partial charge in [-0.25, -0.2) is 4.39 Å². The number of benzene rings is 1. The van der Waals surface area contributed by atoms with Gasteiger partial charge >= 0.3 is 0 Å². The fourth-order valence-corrected chi connectivity index (χ4v) is 3.54. The van der Waals surface area contributed by atoms with Crippen molar-refractivity contribution >= 4 is 5.91 Å². The van der Waals surface area contributed by atoms with E-state index in [0.717, 1.165) is 48.3 Å². The molecule has 26 heavy (non-hydrogen) atoms. The standard InChI is InChI=1S/C21H25FN2O2/c1-15-13-17(16-6-8-18(22)9-7-16)14-19(23-15)20-5-3-4-11-24(20)21(25)10-12-26-2/h6-9,13-14,20H,3-5,10-12H2,1-2H3. The number of methoxy groups -OCH3 is 1. The zero-order valence-electron chi connectivity index (χ0n) is 15.4. The minimum Gasteiger partial charge on any atom is -0.384 e. The van der Waals surface area contributed by atoms with Crippen molar-refractivity contribution in [3.8, 4) is 11.1 Å². The van der Waals surface area contributed by atoms with Gasteiger partial charge in [0.25, 0.3) is 0 Å². The third-order valence-electron chi connectivity index (χ3n) is 4.84. The zero-order valence-corrected chi connectivity index (χ0v) is 15.4. The number of hydrogen-bond donors (Lipinski definition) is 0. The SMILES string of the molecule is COCCC(=O)N1CCCCC1c1cc(-c2ccc(F)cc2)cc(C)n1. The number of carbonyl (C=O) groups excluding carboxylic acids is 1. The molecule has 1 aromatic heterocycles. The number of halogens is 1. The quantitative estimate of drug-likeness (QED) is 0.803. The van der Waals surface area contributed by atoms with Crippen LogP contribution in [0.15, 0.2) is 36.4 Å². The molecule has 1 amide bonds. The summed E-state index contributed by atoms with van der Waals surface area (Å²) in [7, 11) is 1.61. The van der Waals surface area contributed by atoms with Crippen LogP contribution in [-0.4, -0.2) is 36.1 Å². The van der Waals surface area contributed by atoms with Crippen molar-refractivity contribution in [2.45, 2.75) is 38.6 Å². The van der Waals surface area contributed by atoms with Gasteiger partial charge in [-0.1, -0.05) is 12.1 Å². The molecule has 138 valence electrons. The van der Waals surface area contributed by atoms with Crippen molar-refractivity contribution in [1.82, 2.24) is 9.88 Å². The smallest absolute Gasteiger partial charge is 0.225 e. The molecule has 1 aliphatic rings. The Bertz CT molecular complexity index is 761. The highest BCUT2D eigenvalue weighted by molar-refractivity contribution is 5.77. The van der Waals surface area contributed by atoms with Crippen LogP contribution in [0.3, 0.4) is 0 Å². The Morgan fingerprint density at radius 2 is 2.00 bits per heavy atom. The molecule has 2 heterocycles. The summed E-state index contributed by atoms with van der Waals surface area (Å²) in [6.07, 6.45) is 3.41. The van der Waals surface area contributed by atoms with E-state index >= 15 is 0 Å². The number of likely N-dealkylation sites (tertiary alicyclic amines) is 1. The number of amides is 1. The number of nitrogens with zero attached hydrogens (tertiary/aromatic N) is 2. The Morgan fingerprint density at radius 1 is 1.23 bits per heavy atom. The van der Waals surface area contributed by atoms with E-state index in [1.807, 2.05) is 24.0 Å². The van der Waals surface area contributed by atoms with Gasteiger partial charge in [-0.15, -0.1) is 0 Å². The first-order valence-electron chi connectivity index (χ1n) is 9.11. The highest BCUT2D eigenvalue weighted by Crippen LogP contribution is 2.33. The van der Waals surface area contributed by atoms with E-state index in [4.69, 9.17) is 9.72 Å². The van der Waals surface area contributed by atoms with Crippen LogP contribution in [0, 0.1) is 12.7 Å². The first-order valence-corrected chi connectivity index (χ1v) is 9.11. The van der Waals surface area contributed by atoms with Gasteiger partial charge < -0.3 is 9.64 Å². The van der Waals surface area contributed by atoms with Crippen molar-refractivity contribution < 1.29 is 13.9 Å². The molecule has 3 rings (SSSR count). The van der Waals surface area contributed by atoms with Crippen LogP contribution >= 0.6 is 0 Å². The lowest BCUT2D eigenvalue weighted by Gasteiger charge is -2.35. The monoisotopic (exact) mass is 356 g/mol. The first-order chi connectivity index (χ1) is 12.6. The van der Waals surface area contributed by atoms with Gasteiger partial charge in [0.05, 0.1) is 24.8 Å². The van der Waals surface area contributed by atoms with Gasteiger partial charge in [0.2, 0.25) is 5.91 Å². The van der Waals surface area contributed by atoms with E-state index in [9.17, 15) is 9.18 Å². The molecule has 0 bridgehead atoms. The molecule has 1 unspecified atom stereocenters. The Kier molecular flexibility index (Phi) is 5.99. The largest absolute Gasteiger partial charge is 0.384 e. The third-order valence-corrected chi connectivity index (χ3v) is 4.84. The fourth-order valence-electron chi connectivity index (χ4n) is 3.54. The number of pyridine rings is 1. The molecule has 0 radical (unpaired) electrons. The molecule has 1 aromatic carbocycles. The molecule has 5 heteroatoms. The molecular weight excluding hydrogens is 331 g/mol. The lowest BCUT2D eigenvalue weighted by atomic mass is 9.95. The first kappa shape index (κ1) is 18.5. The molecule has 1 aliphatic heterocycles. The van der Waals surface area contributed by atoms with Crippen LogP contribution in [0.5, 0.6) is 0 Å². The van der Waals surface area contributed by atoms with Crippen molar-refractivity contribution in [3.63, 3.8) is 0 Å². The molecule has 1 fully saturated rings. The summed E-state index contributed by atoms with van der Waals surface area (Å²) in [4.78, 5) is 19.3. The second-order valence-electron chi connectivity index (χ2n) is 6.77. The van der Waals surface area contributed by atoms with Crippen LogP contribution < -0.4 is 0 Å².